The van der Waals surface area contributed by atoms with Gasteiger partial charge in [-0.05, 0) is 58.9 Å². The Morgan fingerprint density at radius 1 is 1.03 bits per heavy atom. The molecule has 2 aromatic carbocycles. The van der Waals surface area contributed by atoms with Crippen molar-refractivity contribution in [3.63, 3.8) is 0 Å². The van der Waals surface area contributed by atoms with Gasteiger partial charge in [-0.25, -0.2) is 9.59 Å². The van der Waals surface area contributed by atoms with Crippen LogP contribution in [0.15, 0.2) is 57.7 Å². The third-order valence-electron chi connectivity index (χ3n) is 4.26. The number of ether oxygens (including phenoxy) is 3. The lowest BCUT2D eigenvalue weighted by molar-refractivity contribution is -0.136. The van der Waals surface area contributed by atoms with Gasteiger partial charge in [0.15, 0.2) is 0 Å². The Labute approximate surface area is 197 Å². The van der Waals surface area contributed by atoms with Crippen LogP contribution in [-0.4, -0.2) is 23.7 Å². The number of benzene rings is 2. The fourth-order valence-corrected chi connectivity index (χ4v) is 2.80. The third kappa shape index (κ3) is 6.73. The Morgan fingerprint density at radius 2 is 1.70 bits per heavy atom. The molecule has 0 aliphatic heterocycles. The van der Waals surface area contributed by atoms with Gasteiger partial charge in [-0.3, -0.25) is 4.79 Å². The molecule has 0 fully saturated rings. The van der Waals surface area contributed by atoms with Gasteiger partial charge in [0.25, 0.3) is 0 Å². The minimum absolute atomic E-state index is 0. The van der Waals surface area contributed by atoms with Crippen LogP contribution in [0.2, 0.25) is 0 Å². The highest BCUT2D eigenvalue weighted by Crippen LogP contribution is 2.27. The second kappa shape index (κ2) is 10.4. The summed E-state index contributed by atoms with van der Waals surface area (Å²) in [5, 5.41) is 2.70. The summed E-state index contributed by atoms with van der Waals surface area (Å²) in [7, 11) is 0. The zero-order valence-electron chi connectivity index (χ0n) is 19.0. The van der Waals surface area contributed by atoms with Gasteiger partial charge >= 0.3 is 12.1 Å². The minimum Gasteiger partial charge on any atom is -0.457 e. The highest BCUT2D eigenvalue weighted by Gasteiger charge is 2.23. The normalized spacial score (nSPS) is 11.8. The number of rotatable bonds is 5. The molecule has 1 N–H and O–H groups in total. The minimum atomic E-state index is -0.948. The molecule has 0 aliphatic rings. The molecule has 0 spiro atoms. The van der Waals surface area contributed by atoms with Gasteiger partial charge in [-0.2, -0.15) is 0 Å². The summed E-state index contributed by atoms with van der Waals surface area (Å²) in [6, 6.07) is 12.4. The predicted molar refractivity (Wildman–Crippen MR) is 125 cm³/mol. The number of para-hydroxylation sites is 1. The van der Waals surface area contributed by atoms with Crippen LogP contribution in [0.3, 0.4) is 0 Å². The van der Waals surface area contributed by atoms with Crippen molar-refractivity contribution in [1.29, 1.82) is 0 Å². The van der Waals surface area contributed by atoms with E-state index >= 15 is 0 Å². The summed E-state index contributed by atoms with van der Waals surface area (Å²) in [6.07, 6.45) is -0.729. The second-order valence-corrected chi connectivity index (χ2v) is 8.18. The Morgan fingerprint density at radius 3 is 2.33 bits per heavy atom. The van der Waals surface area contributed by atoms with E-state index in [9.17, 15) is 14.4 Å². The molecule has 0 saturated heterocycles. The van der Waals surface area contributed by atoms with E-state index in [4.69, 9.17) is 18.6 Å². The highest BCUT2D eigenvalue weighted by molar-refractivity contribution is 5.85. The van der Waals surface area contributed by atoms with Crippen LogP contribution in [0.25, 0.3) is 11.0 Å². The fourth-order valence-electron chi connectivity index (χ4n) is 2.80. The molecule has 1 atom stereocenters. The van der Waals surface area contributed by atoms with E-state index < -0.39 is 23.7 Å². The molecule has 0 aliphatic carbocycles. The van der Waals surface area contributed by atoms with Crippen LogP contribution in [0.4, 0.5) is 4.79 Å². The first-order valence-electron chi connectivity index (χ1n) is 10.0. The molecule has 8 nitrogen and oxygen atoms in total. The summed E-state index contributed by atoms with van der Waals surface area (Å²) in [5.41, 5.74) is -0.790. The molecule has 3 rings (SSSR count). The van der Waals surface area contributed by atoms with Gasteiger partial charge in [0.1, 0.15) is 34.5 Å². The summed E-state index contributed by atoms with van der Waals surface area (Å²) in [6.45, 7) is 8.25. The average molecular weight is 476 g/mol. The molecule has 1 unspecified atom stereocenters. The van der Waals surface area contributed by atoms with Gasteiger partial charge in [0.2, 0.25) is 11.2 Å². The van der Waals surface area contributed by atoms with Crippen molar-refractivity contribution in [2.45, 2.75) is 46.3 Å². The first-order chi connectivity index (χ1) is 15.0. The number of alkyl carbamates (subject to hydrolysis) is 1. The van der Waals surface area contributed by atoms with Crippen LogP contribution in [0.5, 0.6) is 17.2 Å². The average Bonchev–Trinajstić information content (AvgIpc) is 2.70. The van der Waals surface area contributed by atoms with E-state index in [1.807, 2.05) is 6.07 Å². The van der Waals surface area contributed by atoms with Crippen LogP contribution in [0, 0.1) is 6.92 Å². The van der Waals surface area contributed by atoms with Gasteiger partial charge in [0, 0.05) is 6.07 Å². The summed E-state index contributed by atoms with van der Waals surface area (Å²) >= 11 is 0. The number of carbonyl (C=O) groups excluding carboxylic acids is 2. The first kappa shape index (κ1) is 25.7. The molecule has 0 bridgehead atoms. The standard InChI is InChI=1S/C24H25NO7.ClH/c1-14(25-23(28)32-24(3,4)5)22(27)31-17-11-12-18-19(13-17)29-15(2)21(20(18)26)30-16-9-7-6-8-10-16;/h6-14H,1-5H3,(H,25,28);1H. The summed E-state index contributed by atoms with van der Waals surface area (Å²) in [4.78, 5) is 37.0. The first-order valence-corrected chi connectivity index (χ1v) is 10.0. The third-order valence-corrected chi connectivity index (χ3v) is 4.26. The highest BCUT2D eigenvalue weighted by atomic mass is 35.5. The maximum absolute atomic E-state index is 12.9. The van der Waals surface area contributed by atoms with Gasteiger partial charge < -0.3 is 23.9 Å². The van der Waals surface area contributed by atoms with Gasteiger partial charge in [-0.15, -0.1) is 12.4 Å². The quantitative estimate of drug-likeness (QED) is 0.402. The lowest BCUT2D eigenvalue weighted by Crippen LogP contribution is -2.43. The topological polar surface area (TPSA) is 104 Å². The van der Waals surface area contributed by atoms with E-state index in [-0.39, 0.29) is 46.1 Å². The van der Waals surface area contributed by atoms with Crippen molar-refractivity contribution in [2.24, 2.45) is 0 Å². The predicted octanol–water partition coefficient (Wildman–Crippen LogP) is 5.13. The maximum atomic E-state index is 12.9. The van der Waals surface area contributed by atoms with E-state index in [0.29, 0.717) is 5.75 Å². The number of hydrogen-bond donors (Lipinski definition) is 1. The molecule has 3 aromatic rings. The van der Waals surface area contributed by atoms with Crippen molar-refractivity contribution < 1.29 is 28.2 Å². The number of halogens is 1. The summed E-state index contributed by atoms with van der Waals surface area (Å²) in [5.74, 6) is 0.357. The molecule has 9 heteroatoms. The SMILES string of the molecule is Cc1oc2cc(OC(=O)C(C)NC(=O)OC(C)(C)C)ccc2c(=O)c1Oc1ccccc1.Cl. The van der Waals surface area contributed by atoms with Crippen LogP contribution >= 0.6 is 12.4 Å². The number of hydrogen-bond acceptors (Lipinski definition) is 7. The molecular formula is C24H26ClNO7. The summed E-state index contributed by atoms with van der Waals surface area (Å²) < 4.78 is 21.9. The van der Waals surface area contributed by atoms with E-state index in [1.165, 1.54) is 25.1 Å². The molecule has 0 saturated carbocycles. The number of nitrogens with one attached hydrogen (secondary N) is 1. The van der Waals surface area contributed by atoms with Crippen LogP contribution in [0.1, 0.15) is 33.5 Å². The second-order valence-electron chi connectivity index (χ2n) is 8.18. The molecule has 176 valence electrons. The molecule has 0 radical (unpaired) electrons. The van der Waals surface area contributed by atoms with Crippen molar-refractivity contribution in [2.75, 3.05) is 0 Å². The molecule has 33 heavy (non-hydrogen) atoms. The van der Waals surface area contributed by atoms with E-state index in [0.717, 1.165) is 0 Å². The molecular weight excluding hydrogens is 450 g/mol. The number of fused-ring (bicyclic) bond motifs is 1. The van der Waals surface area contributed by atoms with Crippen molar-refractivity contribution in [3.8, 4) is 17.2 Å². The number of amides is 1. The number of aryl methyl sites for hydroxylation is 1. The lowest BCUT2D eigenvalue weighted by atomic mass is 10.2. The smallest absolute Gasteiger partial charge is 0.408 e. The number of esters is 1. The number of carbonyl (C=O) groups is 2. The van der Waals surface area contributed by atoms with Crippen molar-refractivity contribution in [1.82, 2.24) is 5.32 Å². The largest absolute Gasteiger partial charge is 0.457 e. The Kier molecular flexibility index (Phi) is 8.11. The van der Waals surface area contributed by atoms with E-state index in [2.05, 4.69) is 5.32 Å². The van der Waals surface area contributed by atoms with Crippen LogP contribution < -0.4 is 20.2 Å². The Bertz CT molecular complexity index is 1200. The zero-order valence-corrected chi connectivity index (χ0v) is 19.8. The van der Waals surface area contributed by atoms with Crippen molar-refractivity contribution >= 4 is 35.4 Å². The van der Waals surface area contributed by atoms with Gasteiger partial charge in [0.05, 0.1) is 5.39 Å². The Balaban J connectivity index is 0.00000385. The molecule has 1 heterocycles. The molecule has 1 aromatic heterocycles. The lowest BCUT2D eigenvalue weighted by Gasteiger charge is -2.21. The zero-order chi connectivity index (χ0) is 23.5. The molecule has 1 amide bonds. The van der Waals surface area contributed by atoms with Gasteiger partial charge in [-0.1, -0.05) is 18.2 Å². The maximum Gasteiger partial charge on any atom is 0.408 e. The monoisotopic (exact) mass is 475 g/mol. The fraction of sp³-hybridized carbons (Fsp3) is 0.292. The van der Waals surface area contributed by atoms with Crippen LogP contribution in [-0.2, 0) is 9.53 Å². The van der Waals surface area contributed by atoms with Crippen molar-refractivity contribution in [3.05, 3.63) is 64.5 Å². The Hall–Kier alpha value is -3.52. The van der Waals surface area contributed by atoms with E-state index in [1.54, 1.807) is 52.0 Å².